The van der Waals surface area contributed by atoms with Gasteiger partial charge in [0.15, 0.2) is 0 Å². The molecule has 0 unspecified atom stereocenters. The van der Waals surface area contributed by atoms with Crippen molar-refractivity contribution in [3.63, 3.8) is 0 Å². The molecular weight excluding hydrogens is 340 g/mol. The number of benzene rings is 2. The Balaban J connectivity index is 2.22. The van der Waals surface area contributed by atoms with Crippen LogP contribution in [0.25, 0.3) is 0 Å². The molecule has 0 aliphatic carbocycles. The average Bonchev–Trinajstić information content (AvgIpc) is 2.61. The average molecular weight is 362 g/mol. The molecular formula is C18H22N2O4S. The highest BCUT2D eigenvalue weighted by Crippen LogP contribution is 2.18. The van der Waals surface area contributed by atoms with E-state index in [-0.39, 0.29) is 10.8 Å². The van der Waals surface area contributed by atoms with Gasteiger partial charge in [-0.2, -0.15) is 0 Å². The summed E-state index contributed by atoms with van der Waals surface area (Å²) in [5, 5.41) is 0. The Kier molecular flexibility index (Phi) is 5.81. The molecule has 0 saturated heterocycles. The van der Waals surface area contributed by atoms with E-state index in [2.05, 4.69) is 0 Å². The highest BCUT2D eigenvalue weighted by atomic mass is 32.2. The first-order chi connectivity index (χ1) is 11.8. The minimum absolute atomic E-state index is 0.0955. The van der Waals surface area contributed by atoms with Crippen molar-refractivity contribution in [2.75, 3.05) is 28.3 Å². The summed E-state index contributed by atoms with van der Waals surface area (Å²) >= 11 is 0. The third-order valence-electron chi connectivity index (χ3n) is 3.76. The molecule has 0 spiro atoms. The van der Waals surface area contributed by atoms with Crippen LogP contribution < -0.4 is 4.74 Å². The van der Waals surface area contributed by atoms with Crippen molar-refractivity contribution in [3.05, 3.63) is 59.7 Å². The van der Waals surface area contributed by atoms with Crippen LogP contribution in [-0.4, -0.2) is 51.8 Å². The van der Waals surface area contributed by atoms with Gasteiger partial charge < -0.3 is 9.64 Å². The Bertz CT molecular complexity index is 863. The lowest BCUT2D eigenvalue weighted by Crippen LogP contribution is -2.27. The molecule has 0 bridgehead atoms. The van der Waals surface area contributed by atoms with Crippen molar-refractivity contribution >= 4 is 15.9 Å². The molecule has 6 nitrogen and oxygen atoms in total. The monoisotopic (exact) mass is 362 g/mol. The van der Waals surface area contributed by atoms with Gasteiger partial charge in [0.25, 0.3) is 5.91 Å². The van der Waals surface area contributed by atoms with Gasteiger partial charge in [-0.3, -0.25) is 4.79 Å². The zero-order chi connectivity index (χ0) is 18.6. The van der Waals surface area contributed by atoms with Crippen LogP contribution in [0.15, 0.2) is 53.4 Å². The number of hydrogen-bond acceptors (Lipinski definition) is 4. The fourth-order valence-corrected chi connectivity index (χ4v) is 3.29. The van der Waals surface area contributed by atoms with Gasteiger partial charge in [-0.25, -0.2) is 12.7 Å². The lowest BCUT2D eigenvalue weighted by molar-refractivity contribution is 0.0784. The summed E-state index contributed by atoms with van der Waals surface area (Å²) in [6, 6.07) is 13.5. The van der Waals surface area contributed by atoms with E-state index in [1.54, 1.807) is 26.3 Å². The maximum Gasteiger partial charge on any atom is 0.253 e. The zero-order valence-corrected chi connectivity index (χ0v) is 15.6. The number of methoxy groups -OCH3 is 1. The molecule has 2 rings (SSSR count). The van der Waals surface area contributed by atoms with Gasteiger partial charge in [0.2, 0.25) is 10.0 Å². The molecule has 0 heterocycles. The Labute approximate surface area is 148 Å². The number of ether oxygens (including phenoxy) is 1. The molecule has 0 radical (unpaired) electrons. The number of rotatable bonds is 6. The lowest BCUT2D eigenvalue weighted by atomic mass is 10.1. The van der Waals surface area contributed by atoms with Crippen LogP contribution in [-0.2, 0) is 16.6 Å². The molecule has 0 aromatic heterocycles. The summed E-state index contributed by atoms with van der Waals surface area (Å²) in [5.41, 5.74) is 1.25. The normalized spacial score (nSPS) is 11.4. The number of sulfonamides is 1. The Morgan fingerprint density at radius 1 is 1.04 bits per heavy atom. The van der Waals surface area contributed by atoms with Gasteiger partial charge >= 0.3 is 0 Å². The van der Waals surface area contributed by atoms with Gasteiger partial charge in [-0.15, -0.1) is 0 Å². The quantitative estimate of drug-likeness (QED) is 0.790. The molecule has 0 fully saturated rings. The molecule has 134 valence electrons. The SMILES string of the molecule is COc1cccc(CN(C)C(=O)c2cccc(S(=O)(=O)N(C)C)c2)c1. The number of amides is 1. The van der Waals surface area contributed by atoms with Crippen LogP contribution in [0.3, 0.4) is 0 Å². The van der Waals surface area contributed by atoms with E-state index in [1.807, 2.05) is 24.3 Å². The van der Waals surface area contributed by atoms with Gasteiger partial charge in [-0.1, -0.05) is 18.2 Å². The first kappa shape index (κ1) is 19.0. The summed E-state index contributed by atoms with van der Waals surface area (Å²) < 4.78 is 30.8. The molecule has 0 atom stereocenters. The summed E-state index contributed by atoms with van der Waals surface area (Å²) in [7, 11) is 2.60. The minimum Gasteiger partial charge on any atom is -0.497 e. The molecule has 0 aliphatic heterocycles. The van der Waals surface area contributed by atoms with Crippen molar-refractivity contribution in [1.29, 1.82) is 0 Å². The van der Waals surface area contributed by atoms with E-state index >= 15 is 0 Å². The topological polar surface area (TPSA) is 66.9 Å². The van der Waals surface area contributed by atoms with E-state index in [0.717, 1.165) is 15.6 Å². The molecule has 2 aromatic carbocycles. The maximum atomic E-state index is 12.6. The van der Waals surface area contributed by atoms with Gasteiger partial charge in [-0.05, 0) is 35.9 Å². The third kappa shape index (κ3) is 4.37. The maximum absolute atomic E-state index is 12.6. The molecule has 2 aromatic rings. The number of hydrogen-bond donors (Lipinski definition) is 0. The predicted molar refractivity (Wildman–Crippen MR) is 96.1 cm³/mol. The highest BCUT2D eigenvalue weighted by molar-refractivity contribution is 7.89. The fourth-order valence-electron chi connectivity index (χ4n) is 2.34. The molecule has 25 heavy (non-hydrogen) atoms. The van der Waals surface area contributed by atoms with E-state index < -0.39 is 10.0 Å². The standard InChI is InChI=1S/C18H22N2O4S/c1-19(2)25(22,23)17-10-6-8-15(12-17)18(21)20(3)13-14-7-5-9-16(11-14)24-4/h5-12H,13H2,1-4H3. The van der Waals surface area contributed by atoms with Gasteiger partial charge in [0.1, 0.15) is 5.75 Å². The molecule has 1 amide bonds. The summed E-state index contributed by atoms with van der Waals surface area (Å²) in [4.78, 5) is 14.3. The summed E-state index contributed by atoms with van der Waals surface area (Å²) in [6.45, 7) is 0.390. The first-order valence-electron chi connectivity index (χ1n) is 7.66. The fraction of sp³-hybridized carbons (Fsp3) is 0.278. The van der Waals surface area contributed by atoms with Crippen molar-refractivity contribution in [2.24, 2.45) is 0 Å². The Morgan fingerprint density at radius 2 is 1.72 bits per heavy atom. The first-order valence-corrected chi connectivity index (χ1v) is 9.10. The predicted octanol–water partition coefficient (Wildman–Crippen LogP) is 2.22. The number of carbonyl (C=O) groups is 1. The molecule has 0 saturated carbocycles. The van der Waals surface area contributed by atoms with E-state index in [9.17, 15) is 13.2 Å². The van der Waals surface area contributed by atoms with Crippen LogP contribution in [0.1, 0.15) is 15.9 Å². The van der Waals surface area contributed by atoms with Crippen LogP contribution in [0.4, 0.5) is 0 Å². The highest BCUT2D eigenvalue weighted by Gasteiger charge is 2.20. The van der Waals surface area contributed by atoms with Crippen LogP contribution >= 0.6 is 0 Å². The molecule has 0 aliphatic rings. The zero-order valence-electron chi connectivity index (χ0n) is 14.8. The van der Waals surface area contributed by atoms with E-state index in [0.29, 0.717) is 12.1 Å². The minimum atomic E-state index is -3.58. The Morgan fingerprint density at radius 3 is 2.36 bits per heavy atom. The lowest BCUT2D eigenvalue weighted by Gasteiger charge is -2.18. The summed E-state index contributed by atoms with van der Waals surface area (Å²) in [5.74, 6) is 0.469. The Hall–Kier alpha value is -2.38. The van der Waals surface area contributed by atoms with Crippen LogP contribution in [0, 0.1) is 0 Å². The third-order valence-corrected chi connectivity index (χ3v) is 5.57. The van der Waals surface area contributed by atoms with Crippen LogP contribution in [0.2, 0.25) is 0 Å². The summed E-state index contributed by atoms with van der Waals surface area (Å²) in [6.07, 6.45) is 0. The molecule has 7 heteroatoms. The van der Waals surface area contributed by atoms with Gasteiger partial charge in [0, 0.05) is 33.3 Å². The smallest absolute Gasteiger partial charge is 0.253 e. The number of carbonyl (C=O) groups excluding carboxylic acids is 1. The molecule has 0 N–H and O–H groups in total. The van der Waals surface area contributed by atoms with Gasteiger partial charge in [0.05, 0.1) is 12.0 Å². The van der Waals surface area contributed by atoms with Crippen molar-refractivity contribution in [3.8, 4) is 5.75 Å². The van der Waals surface area contributed by atoms with Crippen molar-refractivity contribution < 1.29 is 17.9 Å². The van der Waals surface area contributed by atoms with Crippen molar-refractivity contribution in [2.45, 2.75) is 11.4 Å². The second-order valence-electron chi connectivity index (χ2n) is 5.83. The largest absolute Gasteiger partial charge is 0.497 e. The second-order valence-corrected chi connectivity index (χ2v) is 7.98. The number of nitrogens with zero attached hydrogens (tertiary/aromatic N) is 2. The second kappa shape index (κ2) is 7.67. The van der Waals surface area contributed by atoms with Crippen LogP contribution in [0.5, 0.6) is 5.75 Å². The van der Waals surface area contributed by atoms with E-state index in [4.69, 9.17) is 4.74 Å². The van der Waals surface area contributed by atoms with E-state index in [1.165, 1.54) is 31.1 Å². The van der Waals surface area contributed by atoms with Crippen molar-refractivity contribution in [1.82, 2.24) is 9.21 Å².